The summed E-state index contributed by atoms with van der Waals surface area (Å²) in [5.41, 5.74) is 2.11. The average molecular weight is 668 g/mol. The topological polar surface area (TPSA) is 71.3 Å². The standard InChI is InChI=1S/C25H19FI2N2O3/c1-2-32-21-9-7-20(8-10-21)30-25(31)18(14-29)11-17-12-22(27)24(23(28)13-17)33-15-16-3-5-19(26)6-4-16/h3-13H,2,15H2,1H3,(H,30,31)/b18-11-. The summed E-state index contributed by atoms with van der Waals surface area (Å²) >= 11 is 4.30. The molecule has 0 aliphatic heterocycles. The monoisotopic (exact) mass is 668 g/mol. The van der Waals surface area contributed by atoms with Crippen LogP contribution in [-0.4, -0.2) is 12.5 Å². The molecule has 1 amide bonds. The Bertz CT molecular complexity index is 1180. The smallest absolute Gasteiger partial charge is 0.266 e. The number of rotatable bonds is 8. The van der Waals surface area contributed by atoms with Gasteiger partial charge in [-0.2, -0.15) is 5.26 Å². The Balaban J connectivity index is 1.72. The second kappa shape index (κ2) is 12.0. The first-order valence-electron chi connectivity index (χ1n) is 9.92. The Morgan fingerprint density at radius 2 is 1.70 bits per heavy atom. The quantitative estimate of drug-likeness (QED) is 0.168. The molecular weight excluding hydrogens is 649 g/mol. The molecule has 0 aliphatic carbocycles. The highest BCUT2D eigenvalue weighted by molar-refractivity contribution is 14.1. The molecule has 0 saturated carbocycles. The second-order valence-corrected chi connectivity index (χ2v) is 9.13. The van der Waals surface area contributed by atoms with Gasteiger partial charge in [-0.1, -0.05) is 12.1 Å². The molecule has 33 heavy (non-hydrogen) atoms. The number of benzene rings is 3. The molecule has 0 bridgehead atoms. The number of amides is 1. The highest BCUT2D eigenvalue weighted by atomic mass is 127. The molecule has 0 spiro atoms. The number of nitrogens with one attached hydrogen (secondary N) is 1. The van der Waals surface area contributed by atoms with Crippen molar-refractivity contribution in [2.45, 2.75) is 13.5 Å². The van der Waals surface area contributed by atoms with Gasteiger partial charge in [0, 0.05) is 5.69 Å². The Hall–Kier alpha value is -2.65. The molecular formula is C25H19FI2N2O3. The number of halogens is 3. The summed E-state index contributed by atoms with van der Waals surface area (Å²) < 4.78 is 26.0. The molecule has 0 heterocycles. The number of anilines is 1. The lowest BCUT2D eigenvalue weighted by atomic mass is 10.1. The second-order valence-electron chi connectivity index (χ2n) is 6.81. The fraction of sp³-hybridized carbons (Fsp3) is 0.120. The highest BCUT2D eigenvalue weighted by Crippen LogP contribution is 2.30. The van der Waals surface area contributed by atoms with Crippen LogP contribution in [0.4, 0.5) is 10.1 Å². The van der Waals surface area contributed by atoms with Crippen LogP contribution in [0.15, 0.2) is 66.2 Å². The van der Waals surface area contributed by atoms with E-state index in [1.54, 1.807) is 36.4 Å². The van der Waals surface area contributed by atoms with Gasteiger partial charge in [0.15, 0.2) is 0 Å². The Morgan fingerprint density at radius 1 is 1.06 bits per heavy atom. The zero-order chi connectivity index (χ0) is 23.8. The van der Waals surface area contributed by atoms with E-state index in [-0.39, 0.29) is 11.4 Å². The van der Waals surface area contributed by atoms with Crippen molar-refractivity contribution in [3.8, 4) is 17.6 Å². The number of carbonyl (C=O) groups excluding carboxylic acids is 1. The van der Waals surface area contributed by atoms with Crippen molar-refractivity contribution < 1.29 is 18.7 Å². The molecule has 3 aromatic rings. The van der Waals surface area contributed by atoms with Crippen molar-refractivity contribution in [1.82, 2.24) is 0 Å². The number of nitriles is 1. The van der Waals surface area contributed by atoms with E-state index < -0.39 is 5.91 Å². The molecule has 3 aromatic carbocycles. The van der Waals surface area contributed by atoms with E-state index in [1.807, 2.05) is 25.1 Å². The van der Waals surface area contributed by atoms with Crippen LogP contribution in [0.2, 0.25) is 0 Å². The van der Waals surface area contributed by atoms with E-state index in [0.29, 0.717) is 36.0 Å². The summed E-state index contributed by atoms with van der Waals surface area (Å²) in [6.07, 6.45) is 1.54. The van der Waals surface area contributed by atoms with Gasteiger partial charge < -0.3 is 14.8 Å². The molecule has 8 heteroatoms. The molecule has 0 fully saturated rings. The molecule has 3 rings (SSSR count). The number of hydrogen-bond acceptors (Lipinski definition) is 4. The van der Waals surface area contributed by atoms with Gasteiger partial charge in [-0.25, -0.2) is 4.39 Å². The molecule has 1 N–H and O–H groups in total. The number of nitrogens with zero attached hydrogens (tertiary/aromatic N) is 1. The summed E-state index contributed by atoms with van der Waals surface area (Å²) in [6.45, 7) is 2.75. The fourth-order valence-electron chi connectivity index (χ4n) is 2.85. The summed E-state index contributed by atoms with van der Waals surface area (Å²) in [5.74, 6) is 0.606. The molecule has 0 aliphatic rings. The Labute approximate surface area is 218 Å². The lowest BCUT2D eigenvalue weighted by Gasteiger charge is -2.12. The van der Waals surface area contributed by atoms with Gasteiger partial charge in [-0.15, -0.1) is 0 Å². The molecule has 0 aromatic heterocycles. The van der Waals surface area contributed by atoms with Gasteiger partial charge in [-0.3, -0.25) is 4.79 Å². The Kier molecular flexibility index (Phi) is 9.08. The number of hydrogen-bond donors (Lipinski definition) is 1. The van der Waals surface area contributed by atoms with Crippen molar-refractivity contribution in [3.05, 3.63) is 90.3 Å². The first-order chi connectivity index (χ1) is 15.9. The van der Waals surface area contributed by atoms with E-state index in [2.05, 4.69) is 50.5 Å². The van der Waals surface area contributed by atoms with Gasteiger partial charge >= 0.3 is 0 Å². The molecule has 5 nitrogen and oxygen atoms in total. The first-order valence-corrected chi connectivity index (χ1v) is 12.1. The minimum Gasteiger partial charge on any atom is -0.494 e. The summed E-state index contributed by atoms with van der Waals surface area (Å²) in [4.78, 5) is 12.6. The maximum atomic E-state index is 13.1. The van der Waals surface area contributed by atoms with Crippen LogP contribution in [-0.2, 0) is 11.4 Å². The van der Waals surface area contributed by atoms with Gasteiger partial charge in [0.25, 0.3) is 5.91 Å². The van der Waals surface area contributed by atoms with Crippen molar-refractivity contribution in [3.63, 3.8) is 0 Å². The SMILES string of the molecule is CCOc1ccc(NC(=O)/C(C#N)=C\c2cc(I)c(OCc3ccc(F)cc3)c(I)c2)cc1. The predicted molar refractivity (Wildman–Crippen MR) is 142 cm³/mol. The minimum absolute atomic E-state index is 0.0181. The van der Waals surface area contributed by atoms with Gasteiger partial charge in [0.2, 0.25) is 0 Å². The van der Waals surface area contributed by atoms with Crippen LogP contribution < -0.4 is 14.8 Å². The van der Waals surface area contributed by atoms with Crippen molar-refractivity contribution in [2.24, 2.45) is 0 Å². The first kappa shape index (κ1) is 25.0. The number of ether oxygens (including phenoxy) is 2. The maximum Gasteiger partial charge on any atom is 0.266 e. The lowest BCUT2D eigenvalue weighted by Crippen LogP contribution is -2.13. The molecule has 168 valence electrons. The van der Waals surface area contributed by atoms with Crippen LogP contribution in [0.3, 0.4) is 0 Å². The average Bonchev–Trinajstić information content (AvgIpc) is 2.79. The zero-order valence-electron chi connectivity index (χ0n) is 17.6. The van der Waals surface area contributed by atoms with Crippen molar-refractivity contribution >= 4 is 62.9 Å². The third kappa shape index (κ3) is 7.17. The third-order valence-electron chi connectivity index (χ3n) is 4.42. The van der Waals surface area contributed by atoms with E-state index in [9.17, 15) is 14.4 Å². The van der Waals surface area contributed by atoms with E-state index in [1.165, 1.54) is 18.2 Å². The van der Waals surface area contributed by atoms with E-state index in [0.717, 1.165) is 12.7 Å². The predicted octanol–water partition coefficient (Wildman–Crippen LogP) is 6.56. The number of carbonyl (C=O) groups is 1. The van der Waals surface area contributed by atoms with Crippen LogP contribution >= 0.6 is 45.2 Å². The normalized spacial score (nSPS) is 10.9. The highest BCUT2D eigenvalue weighted by Gasteiger charge is 2.13. The van der Waals surface area contributed by atoms with Crippen molar-refractivity contribution in [1.29, 1.82) is 5.26 Å². The van der Waals surface area contributed by atoms with Gasteiger partial charge in [-0.05, 0) is 118 Å². The van der Waals surface area contributed by atoms with Gasteiger partial charge in [0.1, 0.15) is 35.6 Å². The molecule has 0 atom stereocenters. The molecule has 0 radical (unpaired) electrons. The zero-order valence-corrected chi connectivity index (χ0v) is 21.9. The Morgan fingerprint density at radius 3 is 2.27 bits per heavy atom. The summed E-state index contributed by atoms with van der Waals surface area (Å²) in [6, 6.07) is 18.7. The largest absolute Gasteiger partial charge is 0.494 e. The van der Waals surface area contributed by atoms with Gasteiger partial charge in [0.05, 0.1) is 13.7 Å². The van der Waals surface area contributed by atoms with Crippen LogP contribution in [0, 0.1) is 24.3 Å². The third-order valence-corrected chi connectivity index (χ3v) is 6.02. The maximum absolute atomic E-state index is 13.1. The summed E-state index contributed by atoms with van der Waals surface area (Å²) in [7, 11) is 0. The fourth-order valence-corrected chi connectivity index (χ4v) is 4.98. The lowest BCUT2D eigenvalue weighted by molar-refractivity contribution is -0.112. The van der Waals surface area contributed by atoms with Crippen molar-refractivity contribution in [2.75, 3.05) is 11.9 Å². The van der Waals surface area contributed by atoms with E-state index >= 15 is 0 Å². The molecule has 0 unspecified atom stereocenters. The van der Waals surface area contributed by atoms with E-state index in [4.69, 9.17) is 9.47 Å². The molecule has 0 saturated heterocycles. The summed E-state index contributed by atoms with van der Waals surface area (Å²) in [5, 5.41) is 12.2. The van der Waals surface area contributed by atoms with Crippen LogP contribution in [0.5, 0.6) is 11.5 Å². The van der Waals surface area contributed by atoms with Crippen LogP contribution in [0.1, 0.15) is 18.1 Å². The minimum atomic E-state index is -0.497. The van der Waals surface area contributed by atoms with Crippen LogP contribution in [0.25, 0.3) is 6.08 Å².